The number of ether oxygens (including phenoxy) is 1. The van der Waals surface area contributed by atoms with Crippen LogP contribution in [0.15, 0.2) is 12.3 Å². The zero-order valence-corrected chi connectivity index (χ0v) is 11.6. The molecule has 5 nitrogen and oxygen atoms in total. The number of carbonyl (C=O) groups is 1. The third kappa shape index (κ3) is 3.25. The average molecular weight is 292 g/mol. The molecule has 1 fully saturated rings. The monoisotopic (exact) mass is 291 g/mol. The predicted octanol–water partition coefficient (Wildman–Crippen LogP) is 1.35. The number of pyridine rings is 1. The Morgan fingerprint density at radius 3 is 2.72 bits per heavy atom. The maximum Gasteiger partial charge on any atom is 0.339 e. The Kier molecular flexibility index (Phi) is 5.65. The van der Waals surface area contributed by atoms with Crippen LogP contribution >= 0.6 is 24.0 Å². The topological polar surface area (TPSA) is 54.5 Å². The molecule has 0 radical (unpaired) electrons. The lowest BCUT2D eigenvalue weighted by atomic mass is 10.2. The number of rotatable bonds is 2. The maximum absolute atomic E-state index is 11.3. The molecule has 0 spiro atoms. The predicted molar refractivity (Wildman–Crippen MR) is 72.9 cm³/mol. The van der Waals surface area contributed by atoms with Gasteiger partial charge in [0.1, 0.15) is 5.82 Å². The van der Waals surface area contributed by atoms with Crippen molar-refractivity contribution >= 4 is 35.8 Å². The Morgan fingerprint density at radius 1 is 1.50 bits per heavy atom. The molecule has 1 N–H and O–H groups in total. The number of aromatic nitrogens is 1. The van der Waals surface area contributed by atoms with E-state index < -0.39 is 5.97 Å². The molecule has 0 aromatic carbocycles. The second-order valence-corrected chi connectivity index (χ2v) is 4.17. The molecule has 18 heavy (non-hydrogen) atoms. The van der Waals surface area contributed by atoms with Crippen LogP contribution in [0, 0.1) is 0 Å². The van der Waals surface area contributed by atoms with Gasteiger partial charge in [-0.2, -0.15) is 0 Å². The SMILES string of the molecule is COC(=O)c1cnc(N2CCNCC2)c(Cl)c1.Cl. The molecule has 0 saturated carbocycles. The van der Waals surface area contributed by atoms with Gasteiger partial charge in [0.15, 0.2) is 0 Å². The smallest absolute Gasteiger partial charge is 0.339 e. The van der Waals surface area contributed by atoms with Crippen LogP contribution in [-0.2, 0) is 4.74 Å². The van der Waals surface area contributed by atoms with E-state index in [1.54, 1.807) is 6.07 Å². The molecule has 1 saturated heterocycles. The highest BCUT2D eigenvalue weighted by Gasteiger charge is 2.16. The van der Waals surface area contributed by atoms with Crippen molar-refractivity contribution in [1.29, 1.82) is 0 Å². The second-order valence-electron chi connectivity index (χ2n) is 3.76. The first-order valence-corrected chi connectivity index (χ1v) is 5.79. The largest absolute Gasteiger partial charge is 0.465 e. The standard InChI is InChI=1S/C11H14ClN3O2.ClH/c1-17-11(16)8-6-9(12)10(14-7-8)15-4-2-13-3-5-15;/h6-7,13H,2-5H2,1H3;1H. The lowest BCUT2D eigenvalue weighted by molar-refractivity contribution is 0.0600. The summed E-state index contributed by atoms with van der Waals surface area (Å²) in [7, 11) is 1.33. The summed E-state index contributed by atoms with van der Waals surface area (Å²) in [6.45, 7) is 3.56. The number of anilines is 1. The van der Waals surface area contributed by atoms with E-state index in [-0.39, 0.29) is 12.4 Å². The lowest BCUT2D eigenvalue weighted by Crippen LogP contribution is -2.44. The molecule has 0 bridgehead atoms. The number of nitrogens with zero attached hydrogens (tertiary/aromatic N) is 2. The summed E-state index contributed by atoms with van der Waals surface area (Å²) in [4.78, 5) is 17.6. The third-order valence-electron chi connectivity index (χ3n) is 2.66. The first-order valence-electron chi connectivity index (χ1n) is 5.42. The minimum Gasteiger partial charge on any atom is -0.465 e. The van der Waals surface area contributed by atoms with E-state index in [9.17, 15) is 4.79 Å². The van der Waals surface area contributed by atoms with Crippen molar-refractivity contribution in [2.45, 2.75) is 0 Å². The summed E-state index contributed by atoms with van der Waals surface area (Å²) in [5, 5.41) is 3.74. The van der Waals surface area contributed by atoms with Crippen molar-refractivity contribution in [3.8, 4) is 0 Å². The molecule has 2 rings (SSSR count). The zero-order valence-electron chi connectivity index (χ0n) is 9.98. The number of methoxy groups -OCH3 is 1. The fourth-order valence-electron chi connectivity index (χ4n) is 1.77. The summed E-state index contributed by atoms with van der Waals surface area (Å²) < 4.78 is 4.62. The van der Waals surface area contributed by atoms with Crippen molar-refractivity contribution in [3.63, 3.8) is 0 Å². The number of hydrogen-bond donors (Lipinski definition) is 1. The summed E-state index contributed by atoms with van der Waals surface area (Å²) in [6.07, 6.45) is 1.50. The molecule has 0 atom stereocenters. The van der Waals surface area contributed by atoms with Gasteiger partial charge >= 0.3 is 5.97 Å². The van der Waals surface area contributed by atoms with Crippen LogP contribution in [0.5, 0.6) is 0 Å². The molecular weight excluding hydrogens is 277 g/mol. The van der Waals surface area contributed by atoms with Crippen LogP contribution in [0.25, 0.3) is 0 Å². The minimum atomic E-state index is -0.425. The Hall–Kier alpha value is -1.04. The van der Waals surface area contributed by atoms with Crippen LogP contribution in [0.3, 0.4) is 0 Å². The van der Waals surface area contributed by atoms with E-state index in [2.05, 4.69) is 19.9 Å². The summed E-state index contributed by atoms with van der Waals surface area (Å²) in [5.74, 6) is 0.298. The molecule has 0 unspecified atom stereocenters. The van der Waals surface area contributed by atoms with Crippen LogP contribution < -0.4 is 10.2 Å². The molecular formula is C11H15Cl2N3O2. The number of esters is 1. The van der Waals surface area contributed by atoms with Crippen molar-refractivity contribution in [2.75, 3.05) is 38.2 Å². The van der Waals surface area contributed by atoms with Gasteiger partial charge in [0.05, 0.1) is 17.7 Å². The fourth-order valence-corrected chi connectivity index (χ4v) is 2.06. The molecule has 0 aliphatic carbocycles. The van der Waals surface area contributed by atoms with E-state index in [4.69, 9.17) is 11.6 Å². The van der Waals surface area contributed by atoms with E-state index >= 15 is 0 Å². The summed E-state index contributed by atoms with van der Waals surface area (Å²) in [6, 6.07) is 1.59. The van der Waals surface area contributed by atoms with Crippen molar-refractivity contribution < 1.29 is 9.53 Å². The molecule has 100 valence electrons. The van der Waals surface area contributed by atoms with E-state index in [0.717, 1.165) is 32.0 Å². The molecule has 7 heteroatoms. The van der Waals surface area contributed by atoms with Gasteiger partial charge in [0.25, 0.3) is 0 Å². The number of hydrogen-bond acceptors (Lipinski definition) is 5. The number of piperazine rings is 1. The van der Waals surface area contributed by atoms with E-state index in [1.165, 1.54) is 13.3 Å². The third-order valence-corrected chi connectivity index (χ3v) is 2.94. The maximum atomic E-state index is 11.3. The highest BCUT2D eigenvalue weighted by atomic mass is 35.5. The van der Waals surface area contributed by atoms with Gasteiger partial charge in [-0.05, 0) is 6.07 Å². The van der Waals surface area contributed by atoms with Crippen LogP contribution in [0.2, 0.25) is 5.02 Å². The highest BCUT2D eigenvalue weighted by molar-refractivity contribution is 6.33. The molecule has 0 amide bonds. The van der Waals surface area contributed by atoms with Crippen molar-refractivity contribution in [3.05, 3.63) is 22.8 Å². The second kappa shape index (κ2) is 6.78. The Bertz CT molecular complexity index is 423. The van der Waals surface area contributed by atoms with Gasteiger partial charge in [-0.3, -0.25) is 0 Å². The van der Waals surface area contributed by atoms with Crippen molar-refractivity contribution in [1.82, 2.24) is 10.3 Å². The van der Waals surface area contributed by atoms with Gasteiger partial charge in [-0.25, -0.2) is 9.78 Å². The average Bonchev–Trinajstić information content (AvgIpc) is 2.38. The number of carbonyl (C=O) groups excluding carboxylic acids is 1. The summed E-state index contributed by atoms with van der Waals surface area (Å²) >= 11 is 6.13. The van der Waals surface area contributed by atoms with Crippen LogP contribution in [-0.4, -0.2) is 44.2 Å². The highest BCUT2D eigenvalue weighted by Crippen LogP contribution is 2.24. The molecule has 1 aliphatic rings. The molecule has 1 aromatic heterocycles. The Morgan fingerprint density at radius 2 is 2.17 bits per heavy atom. The molecule has 1 aromatic rings. The van der Waals surface area contributed by atoms with E-state index in [1.807, 2.05) is 0 Å². The Balaban J connectivity index is 0.00000162. The Labute approximate surface area is 117 Å². The zero-order chi connectivity index (χ0) is 12.3. The molecule has 1 aliphatic heterocycles. The van der Waals surface area contributed by atoms with E-state index in [0.29, 0.717) is 10.6 Å². The van der Waals surface area contributed by atoms with Gasteiger partial charge < -0.3 is 15.0 Å². The van der Waals surface area contributed by atoms with Gasteiger partial charge in [-0.1, -0.05) is 11.6 Å². The minimum absolute atomic E-state index is 0. The normalized spacial score (nSPS) is 14.9. The van der Waals surface area contributed by atoms with Gasteiger partial charge in [0, 0.05) is 32.4 Å². The van der Waals surface area contributed by atoms with Crippen LogP contribution in [0.4, 0.5) is 5.82 Å². The lowest BCUT2D eigenvalue weighted by Gasteiger charge is -2.29. The summed E-state index contributed by atoms with van der Waals surface area (Å²) in [5.41, 5.74) is 0.372. The number of halogens is 2. The first-order chi connectivity index (χ1) is 8.22. The fraction of sp³-hybridized carbons (Fsp3) is 0.455. The number of nitrogens with one attached hydrogen (secondary N) is 1. The van der Waals surface area contributed by atoms with Crippen LogP contribution in [0.1, 0.15) is 10.4 Å². The quantitative estimate of drug-likeness (QED) is 0.834. The van der Waals surface area contributed by atoms with Crippen molar-refractivity contribution in [2.24, 2.45) is 0 Å². The van der Waals surface area contributed by atoms with Gasteiger partial charge in [0.2, 0.25) is 0 Å². The first kappa shape index (κ1) is 15.0. The van der Waals surface area contributed by atoms with Gasteiger partial charge in [-0.15, -0.1) is 12.4 Å². The molecule has 2 heterocycles.